The van der Waals surface area contributed by atoms with Gasteiger partial charge in [0, 0.05) is 28.4 Å². The second-order valence-corrected chi connectivity index (χ2v) is 8.56. The number of fused-ring (bicyclic) bond motifs is 4. The van der Waals surface area contributed by atoms with Crippen LogP contribution in [0.1, 0.15) is 18.9 Å². The zero-order chi connectivity index (χ0) is 19.3. The second kappa shape index (κ2) is 6.32. The summed E-state index contributed by atoms with van der Waals surface area (Å²) in [6.45, 7) is 10.1. The number of nitrogens with zero attached hydrogens (tertiary/aromatic N) is 2. The van der Waals surface area contributed by atoms with Crippen molar-refractivity contribution >= 4 is 33.5 Å². The number of benzene rings is 2. The third kappa shape index (κ3) is 2.66. The van der Waals surface area contributed by atoms with Gasteiger partial charge in [0.25, 0.3) is 0 Å². The number of nitrogens with two attached hydrogens (primary N) is 1. The van der Waals surface area contributed by atoms with Crippen LogP contribution in [0.3, 0.4) is 0 Å². The molecule has 2 aliphatic heterocycles. The molecule has 2 atom stereocenters. The van der Waals surface area contributed by atoms with Crippen LogP contribution in [-0.2, 0) is 5.54 Å². The van der Waals surface area contributed by atoms with Gasteiger partial charge in [-0.3, -0.25) is 4.99 Å². The molecule has 3 aromatic rings. The smallest absolute Gasteiger partial charge is 0.187 e. The van der Waals surface area contributed by atoms with E-state index < -0.39 is 0 Å². The molecule has 0 radical (unpaired) electrons. The highest BCUT2D eigenvalue weighted by atomic mass is 32.2. The van der Waals surface area contributed by atoms with Gasteiger partial charge >= 0.3 is 0 Å². The molecule has 0 unspecified atom stereocenters. The second-order valence-electron chi connectivity index (χ2n) is 7.52. The minimum atomic E-state index is -0.375. The lowest BCUT2D eigenvalue weighted by atomic mass is 9.79. The Labute approximate surface area is 167 Å². The lowest BCUT2D eigenvalue weighted by Crippen LogP contribution is -2.37. The van der Waals surface area contributed by atoms with Crippen LogP contribution in [0.2, 0.25) is 0 Å². The number of ether oxygens (including phenoxy) is 1. The normalized spacial score (nSPS) is 23.7. The summed E-state index contributed by atoms with van der Waals surface area (Å²) in [5, 5.41) is 1.68. The molecule has 0 amide bonds. The minimum Gasteiger partial charge on any atom is -0.493 e. The topological polar surface area (TPSA) is 67.8 Å². The van der Waals surface area contributed by atoms with Crippen molar-refractivity contribution in [2.75, 3.05) is 12.4 Å². The molecule has 0 saturated carbocycles. The summed E-state index contributed by atoms with van der Waals surface area (Å²) < 4.78 is 6.06. The first-order valence-corrected chi connectivity index (χ1v) is 10.3. The van der Waals surface area contributed by atoms with E-state index in [0.29, 0.717) is 23.4 Å². The fourth-order valence-electron chi connectivity index (χ4n) is 4.22. The van der Waals surface area contributed by atoms with Crippen LogP contribution in [0.15, 0.2) is 47.5 Å². The predicted octanol–water partition coefficient (Wildman–Crippen LogP) is 5.06. The summed E-state index contributed by atoms with van der Waals surface area (Å²) in [5.41, 5.74) is 10.6. The molecule has 140 valence electrons. The van der Waals surface area contributed by atoms with Crippen LogP contribution < -0.4 is 10.5 Å². The Balaban J connectivity index is 1.65. The molecule has 0 aliphatic carbocycles. The zero-order valence-corrected chi connectivity index (χ0v) is 16.3. The number of rotatable bonds is 1. The molecular formula is C22H20N4OS. The van der Waals surface area contributed by atoms with E-state index in [2.05, 4.69) is 35.0 Å². The van der Waals surface area contributed by atoms with Gasteiger partial charge in [0.2, 0.25) is 0 Å². The van der Waals surface area contributed by atoms with Gasteiger partial charge in [0.05, 0.1) is 18.7 Å². The van der Waals surface area contributed by atoms with Gasteiger partial charge in [0.1, 0.15) is 5.75 Å². The molecule has 5 rings (SSSR count). The zero-order valence-electron chi connectivity index (χ0n) is 15.5. The van der Waals surface area contributed by atoms with Gasteiger partial charge in [-0.05, 0) is 60.7 Å². The van der Waals surface area contributed by atoms with Crippen molar-refractivity contribution < 1.29 is 4.74 Å². The Hall–Kier alpha value is -2.91. The van der Waals surface area contributed by atoms with Gasteiger partial charge < -0.3 is 15.5 Å². The Kier molecular flexibility index (Phi) is 3.88. The number of thioether (sulfide) groups is 1. The Morgan fingerprint density at radius 2 is 2.18 bits per heavy atom. The lowest BCUT2D eigenvalue weighted by molar-refractivity contribution is 0.271. The maximum Gasteiger partial charge on any atom is 0.187 e. The SMILES string of the molecule is [C-]#[N+]c1ccc2[nH]c(-c3ccc4c(c3)[C@@]3(C)N=C(N)SC[C@H]3CCO4)cc2c1. The first kappa shape index (κ1) is 17.2. The fraction of sp³-hybridized carbons (Fsp3) is 0.273. The quantitative estimate of drug-likeness (QED) is 0.573. The molecule has 0 bridgehead atoms. The summed E-state index contributed by atoms with van der Waals surface area (Å²) in [7, 11) is 0. The van der Waals surface area contributed by atoms with Gasteiger partial charge in [-0.25, -0.2) is 4.85 Å². The number of hydrogen-bond donors (Lipinski definition) is 2. The Morgan fingerprint density at radius 1 is 1.29 bits per heavy atom. The predicted molar refractivity (Wildman–Crippen MR) is 115 cm³/mol. The number of nitrogens with one attached hydrogen (secondary N) is 1. The van der Waals surface area contributed by atoms with E-state index in [0.717, 1.165) is 45.6 Å². The van der Waals surface area contributed by atoms with E-state index in [1.807, 2.05) is 24.3 Å². The summed E-state index contributed by atoms with van der Waals surface area (Å²) in [5.74, 6) is 2.25. The van der Waals surface area contributed by atoms with Gasteiger partial charge in [-0.2, -0.15) is 0 Å². The van der Waals surface area contributed by atoms with Crippen LogP contribution in [0.25, 0.3) is 27.0 Å². The Morgan fingerprint density at radius 3 is 3.04 bits per heavy atom. The number of amidine groups is 1. The molecule has 6 heteroatoms. The van der Waals surface area contributed by atoms with Crippen molar-refractivity contribution in [2.45, 2.75) is 18.9 Å². The highest BCUT2D eigenvalue weighted by molar-refractivity contribution is 8.13. The molecule has 1 aromatic heterocycles. The van der Waals surface area contributed by atoms with Crippen molar-refractivity contribution in [1.29, 1.82) is 0 Å². The van der Waals surface area contributed by atoms with Crippen LogP contribution in [0.4, 0.5) is 5.69 Å². The van der Waals surface area contributed by atoms with Crippen molar-refractivity contribution in [2.24, 2.45) is 16.6 Å². The molecule has 28 heavy (non-hydrogen) atoms. The van der Waals surface area contributed by atoms with Crippen molar-refractivity contribution in [3.63, 3.8) is 0 Å². The minimum absolute atomic E-state index is 0.375. The van der Waals surface area contributed by atoms with Crippen molar-refractivity contribution in [1.82, 2.24) is 4.98 Å². The third-order valence-electron chi connectivity index (χ3n) is 5.86. The van der Waals surface area contributed by atoms with E-state index in [1.165, 1.54) is 0 Å². The number of hydrogen-bond acceptors (Lipinski definition) is 4. The standard InChI is InChI=1S/C22H20N4OS/c1-22-15(12-28-21(23)26-22)7-8-27-20-6-3-13(10-17(20)22)19-11-14-9-16(24-2)4-5-18(14)25-19/h3-6,9-11,15,25H,7-8,12H2,1H3,(H2,23,26)/t15-,22+/m1/s1. The van der Waals surface area contributed by atoms with Crippen molar-refractivity contribution in [3.05, 3.63) is 59.4 Å². The number of aromatic nitrogens is 1. The average Bonchev–Trinajstić information content (AvgIpc) is 3.06. The van der Waals surface area contributed by atoms with Crippen LogP contribution in [0.5, 0.6) is 5.75 Å². The number of aromatic amines is 1. The van der Waals surface area contributed by atoms with E-state index in [4.69, 9.17) is 22.0 Å². The van der Waals surface area contributed by atoms with E-state index in [-0.39, 0.29) is 5.54 Å². The molecule has 2 aromatic carbocycles. The van der Waals surface area contributed by atoms with Crippen LogP contribution in [0, 0.1) is 12.5 Å². The maximum atomic E-state index is 7.22. The summed E-state index contributed by atoms with van der Waals surface area (Å²) >= 11 is 1.64. The van der Waals surface area contributed by atoms with Crippen LogP contribution in [-0.4, -0.2) is 22.5 Å². The monoisotopic (exact) mass is 388 g/mol. The summed E-state index contributed by atoms with van der Waals surface area (Å²) in [6.07, 6.45) is 0.968. The molecule has 0 fully saturated rings. The number of aliphatic imine (C=N–C) groups is 1. The van der Waals surface area contributed by atoms with Gasteiger partial charge in [0.15, 0.2) is 10.9 Å². The molecule has 3 heterocycles. The molecule has 5 nitrogen and oxygen atoms in total. The van der Waals surface area contributed by atoms with E-state index in [1.54, 1.807) is 11.8 Å². The molecule has 2 aliphatic rings. The summed E-state index contributed by atoms with van der Waals surface area (Å²) in [6, 6.07) is 14.1. The molecular weight excluding hydrogens is 368 g/mol. The van der Waals surface area contributed by atoms with Crippen LogP contribution >= 0.6 is 11.8 Å². The lowest BCUT2D eigenvalue weighted by Gasteiger charge is -2.36. The number of H-pyrrole nitrogens is 1. The van der Waals surface area contributed by atoms with E-state index >= 15 is 0 Å². The highest BCUT2D eigenvalue weighted by Crippen LogP contribution is 2.47. The molecule has 0 spiro atoms. The average molecular weight is 388 g/mol. The Bertz CT molecular complexity index is 1160. The summed E-state index contributed by atoms with van der Waals surface area (Å²) in [4.78, 5) is 11.9. The van der Waals surface area contributed by atoms with E-state index in [9.17, 15) is 0 Å². The van der Waals surface area contributed by atoms with Gasteiger partial charge in [-0.15, -0.1) is 0 Å². The largest absolute Gasteiger partial charge is 0.493 e. The van der Waals surface area contributed by atoms with Gasteiger partial charge in [-0.1, -0.05) is 17.8 Å². The third-order valence-corrected chi connectivity index (χ3v) is 6.82. The van der Waals surface area contributed by atoms with Crippen molar-refractivity contribution in [3.8, 4) is 17.0 Å². The molecule has 0 saturated heterocycles. The first-order chi connectivity index (χ1) is 13.6. The maximum absolute atomic E-state index is 7.22. The fourth-order valence-corrected chi connectivity index (χ4v) is 5.34. The first-order valence-electron chi connectivity index (χ1n) is 9.33. The molecule has 3 N–H and O–H groups in total. The highest BCUT2D eigenvalue weighted by Gasteiger charge is 2.42.